The average molecular weight is 462 g/mol. The molecular weight excluding hydrogens is 434 g/mol. The SMILES string of the molecule is Cc1c(CC(=O)NC(CC(C)C)C(=O)O)c(=O)oc2c(C)c3occ(-c4ccccc4)c3cc12. The second-order valence-corrected chi connectivity index (χ2v) is 9.03. The van der Waals surface area contributed by atoms with Crippen molar-refractivity contribution in [3.8, 4) is 11.1 Å². The second-order valence-electron chi connectivity index (χ2n) is 9.03. The van der Waals surface area contributed by atoms with E-state index in [0.29, 0.717) is 34.1 Å². The topological polar surface area (TPSA) is 110 Å². The lowest BCUT2D eigenvalue weighted by molar-refractivity contribution is -0.142. The van der Waals surface area contributed by atoms with Crippen molar-refractivity contribution in [3.05, 3.63) is 69.8 Å². The van der Waals surface area contributed by atoms with Crippen molar-refractivity contribution < 1.29 is 23.5 Å². The first-order valence-corrected chi connectivity index (χ1v) is 11.2. The lowest BCUT2D eigenvalue weighted by atomic mass is 9.97. The molecular formula is C27H27NO6. The highest BCUT2D eigenvalue weighted by Gasteiger charge is 2.24. The first kappa shape index (κ1) is 23.3. The van der Waals surface area contributed by atoms with E-state index >= 15 is 0 Å². The first-order chi connectivity index (χ1) is 16.2. The predicted octanol–water partition coefficient (Wildman–Crippen LogP) is 4.98. The van der Waals surface area contributed by atoms with E-state index in [9.17, 15) is 19.5 Å². The number of benzene rings is 2. The molecule has 7 heteroatoms. The highest BCUT2D eigenvalue weighted by Crippen LogP contribution is 2.37. The molecule has 0 aliphatic heterocycles. The van der Waals surface area contributed by atoms with Gasteiger partial charge in [-0.3, -0.25) is 4.79 Å². The number of aliphatic carboxylic acids is 1. The Labute approximate surface area is 196 Å². The highest BCUT2D eigenvalue weighted by atomic mass is 16.4. The minimum atomic E-state index is -1.10. The molecule has 1 atom stereocenters. The summed E-state index contributed by atoms with van der Waals surface area (Å²) in [6.07, 6.45) is 1.72. The molecule has 1 unspecified atom stereocenters. The summed E-state index contributed by atoms with van der Waals surface area (Å²) in [5, 5.41) is 13.5. The van der Waals surface area contributed by atoms with Crippen LogP contribution in [0.1, 0.15) is 37.0 Å². The third kappa shape index (κ3) is 4.33. The molecule has 2 aromatic heterocycles. The third-order valence-corrected chi connectivity index (χ3v) is 6.10. The molecule has 7 nitrogen and oxygen atoms in total. The Morgan fingerprint density at radius 2 is 1.74 bits per heavy atom. The number of hydrogen-bond acceptors (Lipinski definition) is 5. The molecule has 4 aromatic rings. The summed E-state index contributed by atoms with van der Waals surface area (Å²) in [6.45, 7) is 7.37. The van der Waals surface area contributed by atoms with Crippen LogP contribution in [0.4, 0.5) is 0 Å². The van der Waals surface area contributed by atoms with Crippen LogP contribution in [0.15, 0.2) is 56.3 Å². The monoisotopic (exact) mass is 461 g/mol. The Hall–Kier alpha value is -3.87. The molecule has 2 heterocycles. The van der Waals surface area contributed by atoms with E-state index < -0.39 is 23.5 Å². The van der Waals surface area contributed by atoms with Crippen molar-refractivity contribution in [1.82, 2.24) is 5.32 Å². The van der Waals surface area contributed by atoms with Crippen LogP contribution in [0.25, 0.3) is 33.1 Å². The summed E-state index contributed by atoms with van der Waals surface area (Å²) in [5.41, 5.74) is 3.89. The molecule has 34 heavy (non-hydrogen) atoms. The van der Waals surface area contributed by atoms with Gasteiger partial charge >= 0.3 is 11.6 Å². The number of fused-ring (bicyclic) bond motifs is 2. The van der Waals surface area contributed by atoms with Crippen molar-refractivity contribution in [2.75, 3.05) is 0 Å². The molecule has 176 valence electrons. The molecule has 2 aromatic carbocycles. The maximum absolute atomic E-state index is 12.8. The highest BCUT2D eigenvalue weighted by molar-refractivity contribution is 6.05. The molecule has 0 radical (unpaired) electrons. The van der Waals surface area contributed by atoms with Crippen LogP contribution in [0.2, 0.25) is 0 Å². The Kier molecular flexibility index (Phi) is 6.28. The average Bonchev–Trinajstić information content (AvgIpc) is 3.22. The quantitative estimate of drug-likeness (QED) is 0.376. The fourth-order valence-corrected chi connectivity index (χ4v) is 4.34. The van der Waals surface area contributed by atoms with Crippen LogP contribution in [-0.4, -0.2) is 23.0 Å². The van der Waals surface area contributed by atoms with Gasteiger partial charge in [0, 0.05) is 21.9 Å². The van der Waals surface area contributed by atoms with Gasteiger partial charge in [0.1, 0.15) is 17.2 Å². The van der Waals surface area contributed by atoms with E-state index in [1.165, 1.54) is 0 Å². The van der Waals surface area contributed by atoms with Gasteiger partial charge in [0.2, 0.25) is 5.91 Å². The number of furan rings is 1. The van der Waals surface area contributed by atoms with Crippen molar-refractivity contribution in [2.24, 2.45) is 5.92 Å². The molecule has 0 saturated carbocycles. The van der Waals surface area contributed by atoms with Gasteiger partial charge in [-0.2, -0.15) is 0 Å². The minimum absolute atomic E-state index is 0.0908. The van der Waals surface area contributed by atoms with Gasteiger partial charge in [-0.05, 0) is 43.4 Å². The minimum Gasteiger partial charge on any atom is -0.480 e. The lowest BCUT2D eigenvalue weighted by Gasteiger charge is -2.17. The van der Waals surface area contributed by atoms with Crippen LogP contribution in [0.3, 0.4) is 0 Å². The molecule has 0 aliphatic rings. The van der Waals surface area contributed by atoms with Crippen LogP contribution >= 0.6 is 0 Å². The van der Waals surface area contributed by atoms with Gasteiger partial charge in [0.15, 0.2) is 0 Å². The maximum atomic E-state index is 12.8. The number of rotatable bonds is 7. The van der Waals surface area contributed by atoms with Crippen LogP contribution in [0.5, 0.6) is 0 Å². The number of nitrogens with one attached hydrogen (secondary N) is 1. The summed E-state index contributed by atoms with van der Waals surface area (Å²) in [5.74, 6) is -1.54. The number of carboxylic acids is 1. The molecule has 1 amide bonds. The van der Waals surface area contributed by atoms with Crippen molar-refractivity contribution >= 4 is 33.8 Å². The number of carbonyl (C=O) groups excluding carboxylic acids is 1. The number of carbonyl (C=O) groups is 2. The zero-order chi connectivity index (χ0) is 24.6. The van der Waals surface area contributed by atoms with E-state index in [0.717, 1.165) is 16.5 Å². The molecule has 0 aliphatic carbocycles. The van der Waals surface area contributed by atoms with E-state index in [4.69, 9.17) is 8.83 Å². The van der Waals surface area contributed by atoms with Crippen LogP contribution < -0.4 is 10.9 Å². The van der Waals surface area contributed by atoms with Crippen molar-refractivity contribution in [3.63, 3.8) is 0 Å². The van der Waals surface area contributed by atoms with Crippen molar-refractivity contribution in [1.29, 1.82) is 0 Å². The van der Waals surface area contributed by atoms with Crippen LogP contribution in [-0.2, 0) is 16.0 Å². The van der Waals surface area contributed by atoms with Gasteiger partial charge in [0.25, 0.3) is 0 Å². The van der Waals surface area contributed by atoms with Crippen molar-refractivity contribution in [2.45, 2.75) is 46.6 Å². The number of hydrogen-bond donors (Lipinski definition) is 2. The normalized spacial score (nSPS) is 12.4. The first-order valence-electron chi connectivity index (χ1n) is 11.2. The van der Waals surface area contributed by atoms with Gasteiger partial charge < -0.3 is 19.3 Å². The number of carboxylic acid groups (broad SMARTS) is 1. The van der Waals surface area contributed by atoms with E-state index in [2.05, 4.69) is 5.32 Å². The van der Waals surface area contributed by atoms with Gasteiger partial charge in [-0.1, -0.05) is 44.2 Å². The summed E-state index contributed by atoms with van der Waals surface area (Å²) in [7, 11) is 0. The molecule has 0 fully saturated rings. The Bertz CT molecular complexity index is 1450. The van der Waals surface area contributed by atoms with Gasteiger partial charge in [-0.15, -0.1) is 0 Å². The Morgan fingerprint density at radius 1 is 1.03 bits per heavy atom. The number of amides is 1. The largest absolute Gasteiger partial charge is 0.480 e. The lowest BCUT2D eigenvalue weighted by Crippen LogP contribution is -2.42. The summed E-state index contributed by atoms with van der Waals surface area (Å²) >= 11 is 0. The molecule has 0 bridgehead atoms. The zero-order valence-electron chi connectivity index (χ0n) is 19.6. The van der Waals surface area contributed by atoms with E-state index in [1.54, 1.807) is 13.2 Å². The maximum Gasteiger partial charge on any atom is 0.340 e. The fourth-order valence-electron chi connectivity index (χ4n) is 4.34. The molecule has 0 spiro atoms. The van der Waals surface area contributed by atoms with Crippen LogP contribution in [0, 0.1) is 19.8 Å². The Morgan fingerprint density at radius 3 is 2.38 bits per heavy atom. The predicted molar refractivity (Wildman–Crippen MR) is 130 cm³/mol. The second kappa shape index (κ2) is 9.17. The van der Waals surface area contributed by atoms with Gasteiger partial charge in [0.05, 0.1) is 18.2 Å². The fraction of sp³-hybridized carbons (Fsp3) is 0.296. The summed E-state index contributed by atoms with van der Waals surface area (Å²) in [6, 6.07) is 10.7. The third-order valence-electron chi connectivity index (χ3n) is 6.10. The summed E-state index contributed by atoms with van der Waals surface area (Å²) < 4.78 is 11.5. The Balaban J connectivity index is 1.77. The van der Waals surface area contributed by atoms with E-state index in [-0.39, 0.29) is 17.9 Å². The summed E-state index contributed by atoms with van der Waals surface area (Å²) in [4.78, 5) is 37.0. The molecule has 2 N–H and O–H groups in total. The smallest absolute Gasteiger partial charge is 0.340 e. The zero-order valence-corrected chi connectivity index (χ0v) is 19.6. The standard InChI is InChI=1S/C27H27NO6/c1-14(2)10-22(26(30)31)28-23(29)12-19-15(3)18-11-20-21(17-8-6-5-7-9-17)13-33-24(20)16(4)25(18)34-27(19)32/h5-9,11,13-14,22H,10,12H2,1-4H3,(H,28,29)(H,30,31). The van der Waals surface area contributed by atoms with Gasteiger partial charge in [-0.25, -0.2) is 9.59 Å². The van der Waals surface area contributed by atoms with E-state index in [1.807, 2.05) is 57.2 Å². The molecule has 4 rings (SSSR count). The molecule has 0 saturated heterocycles. The number of aryl methyl sites for hydroxylation is 2.